The average Bonchev–Trinajstić information content (AvgIpc) is 2.86. The van der Waals surface area contributed by atoms with Crippen LogP contribution in [0.25, 0.3) is 10.6 Å². The number of anilines is 1. The normalized spacial score (nSPS) is 10.4. The third-order valence-corrected chi connectivity index (χ3v) is 3.23. The molecule has 0 fully saturated rings. The van der Waals surface area contributed by atoms with Crippen molar-refractivity contribution >= 4 is 23.2 Å². The van der Waals surface area contributed by atoms with Crippen molar-refractivity contribution in [3.8, 4) is 10.6 Å². The number of carbonyl (C=O) groups is 1. The number of hydrogen-bond acceptors (Lipinski definition) is 5. The van der Waals surface area contributed by atoms with E-state index in [1.54, 1.807) is 6.07 Å². The number of nitrogens with zero attached hydrogens (tertiary/aromatic N) is 2. The van der Waals surface area contributed by atoms with Crippen LogP contribution >= 0.6 is 11.5 Å². The van der Waals surface area contributed by atoms with Crippen LogP contribution in [0.2, 0.25) is 0 Å². The minimum atomic E-state index is -1.05. The van der Waals surface area contributed by atoms with Crippen LogP contribution in [0, 0.1) is 5.82 Å². The molecule has 0 amide bonds. The van der Waals surface area contributed by atoms with E-state index in [4.69, 9.17) is 5.11 Å². The summed E-state index contributed by atoms with van der Waals surface area (Å²) in [6, 6.07) is 4.42. The van der Waals surface area contributed by atoms with E-state index in [0.717, 1.165) is 12.2 Å². The van der Waals surface area contributed by atoms with Gasteiger partial charge in [-0.15, -0.1) is 0 Å². The molecule has 0 radical (unpaired) electrons. The fourth-order valence-corrected chi connectivity index (χ4v) is 2.22. The van der Waals surface area contributed by atoms with Crippen LogP contribution in [0.3, 0.4) is 0 Å². The van der Waals surface area contributed by atoms with Gasteiger partial charge in [-0.1, -0.05) is 6.92 Å². The number of nitrogens with one attached hydrogen (secondary N) is 1. The predicted octanol–water partition coefficient (Wildman–Crippen LogP) is 2.40. The fourth-order valence-electron chi connectivity index (χ4n) is 1.48. The molecule has 0 aliphatic carbocycles. The summed E-state index contributed by atoms with van der Waals surface area (Å²) in [5.74, 6) is -0.802. The molecule has 0 saturated carbocycles. The summed E-state index contributed by atoms with van der Waals surface area (Å²) >= 11 is 1.24. The molecule has 100 valence electrons. The van der Waals surface area contributed by atoms with E-state index in [2.05, 4.69) is 14.7 Å². The standard InChI is InChI=1S/C12H12FN3O2S/c1-2-10-15-12(19-16-10)7-3-4-8(13)9(5-7)14-6-11(17)18/h3-5,14H,2,6H2,1H3,(H,17,18). The number of aromatic nitrogens is 2. The molecule has 0 spiro atoms. The summed E-state index contributed by atoms with van der Waals surface area (Å²) in [7, 11) is 0. The van der Waals surface area contributed by atoms with Gasteiger partial charge in [-0.25, -0.2) is 9.37 Å². The molecule has 0 saturated heterocycles. The number of rotatable bonds is 5. The Morgan fingerprint density at radius 3 is 2.95 bits per heavy atom. The van der Waals surface area contributed by atoms with Crippen molar-refractivity contribution in [3.63, 3.8) is 0 Å². The first-order chi connectivity index (χ1) is 9.10. The van der Waals surface area contributed by atoms with Crippen molar-refractivity contribution in [1.29, 1.82) is 0 Å². The summed E-state index contributed by atoms with van der Waals surface area (Å²) in [4.78, 5) is 14.8. The molecule has 2 rings (SSSR count). The van der Waals surface area contributed by atoms with Crippen LogP contribution < -0.4 is 5.32 Å². The highest BCUT2D eigenvalue weighted by Crippen LogP contribution is 2.26. The Labute approximate surface area is 113 Å². The number of aliphatic carboxylic acids is 1. The van der Waals surface area contributed by atoms with Gasteiger partial charge < -0.3 is 10.4 Å². The Morgan fingerprint density at radius 1 is 1.53 bits per heavy atom. The number of hydrogen-bond donors (Lipinski definition) is 2. The van der Waals surface area contributed by atoms with Crippen molar-refractivity contribution in [2.75, 3.05) is 11.9 Å². The Balaban J connectivity index is 2.26. The van der Waals surface area contributed by atoms with Crippen molar-refractivity contribution in [1.82, 2.24) is 9.36 Å². The van der Waals surface area contributed by atoms with Crippen LogP contribution in [0.5, 0.6) is 0 Å². The van der Waals surface area contributed by atoms with Crippen molar-refractivity contribution in [3.05, 3.63) is 29.8 Å². The molecule has 1 aromatic heterocycles. The lowest BCUT2D eigenvalue weighted by molar-refractivity contribution is -0.134. The maximum absolute atomic E-state index is 13.5. The summed E-state index contributed by atoms with van der Waals surface area (Å²) in [5, 5.41) is 11.8. The first kappa shape index (κ1) is 13.4. The molecule has 5 nitrogen and oxygen atoms in total. The number of benzene rings is 1. The van der Waals surface area contributed by atoms with Gasteiger partial charge in [0.2, 0.25) is 0 Å². The lowest BCUT2D eigenvalue weighted by Crippen LogP contribution is -2.13. The molecule has 1 aromatic carbocycles. The highest BCUT2D eigenvalue weighted by atomic mass is 32.1. The summed E-state index contributed by atoms with van der Waals surface area (Å²) < 4.78 is 17.7. The minimum absolute atomic E-state index is 0.146. The van der Waals surface area contributed by atoms with E-state index in [-0.39, 0.29) is 12.2 Å². The van der Waals surface area contributed by atoms with E-state index in [9.17, 15) is 9.18 Å². The van der Waals surface area contributed by atoms with E-state index in [1.165, 1.54) is 23.7 Å². The molecule has 0 bridgehead atoms. The molecule has 1 heterocycles. The Hall–Kier alpha value is -2.02. The van der Waals surface area contributed by atoms with Gasteiger partial charge in [0, 0.05) is 12.0 Å². The topological polar surface area (TPSA) is 75.1 Å². The largest absolute Gasteiger partial charge is 0.480 e. The van der Waals surface area contributed by atoms with Gasteiger partial charge >= 0.3 is 5.97 Å². The zero-order valence-electron chi connectivity index (χ0n) is 10.2. The Bertz CT molecular complexity index is 600. The predicted molar refractivity (Wildman–Crippen MR) is 70.8 cm³/mol. The first-order valence-electron chi connectivity index (χ1n) is 5.68. The maximum atomic E-state index is 13.5. The highest BCUT2D eigenvalue weighted by Gasteiger charge is 2.10. The molecule has 19 heavy (non-hydrogen) atoms. The summed E-state index contributed by atoms with van der Waals surface area (Å²) in [6.45, 7) is 1.62. The van der Waals surface area contributed by atoms with Gasteiger partial charge in [-0.2, -0.15) is 4.37 Å². The van der Waals surface area contributed by atoms with Crippen molar-refractivity contribution in [2.45, 2.75) is 13.3 Å². The lowest BCUT2D eigenvalue weighted by Gasteiger charge is -2.06. The van der Waals surface area contributed by atoms with E-state index in [0.29, 0.717) is 10.6 Å². The Morgan fingerprint density at radius 2 is 2.32 bits per heavy atom. The highest BCUT2D eigenvalue weighted by molar-refractivity contribution is 7.09. The van der Waals surface area contributed by atoms with E-state index in [1.807, 2.05) is 6.92 Å². The van der Waals surface area contributed by atoms with E-state index >= 15 is 0 Å². The monoisotopic (exact) mass is 281 g/mol. The summed E-state index contributed by atoms with van der Waals surface area (Å²) in [6.07, 6.45) is 0.738. The second-order valence-corrected chi connectivity index (χ2v) is 4.56. The van der Waals surface area contributed by atoms with Gasteiger partial charge in [0.1, 0.15) is 23.2 Å². The average molecular weight is 281 g/mol. The molecule has 2 aromatic rings. The lowest BCUT2D eigenvalue weighted by atomic mass is 10.2. The number of halogens is 1. The zero-order valence-corrected chi connectivity index (χ0v) is 11.0. The second-order valence-electron chi connectivity index (χ2n) is 3.81. The molecular formula is C12H12FN3O2S. The van der Waals surface area contributed by atoms with Gasteiger partial charge in [0.15, 0.2) is 0 Å². The molecule has 7 heteroatoms. The fraction of sp³-hybridized carbons (Fsp3) is 0.250. The Kier molecular flexibility index (Phi) is 4.06. The molecule has 0 aliphatic rings. The molecule has 2 N–H and O–H groups in total. The SMILES string of the molecule is CCc1nsc(-c2ccc(F)c(NCC(=O)O)c2)n1. The van der Waals surface area contributed by atoms with Crippen LogP contribution in [-0.2, 0) is 11.2 Å². The molecule has 0 atom stereocenters. The van der Waals surface area contributed by atoms with E-state index < -0.39 is 11.8 Å². The van der Waals surface area contributed by atoms with Gasteiger partial charge in [0.25, 0.3) is 0 Å². The molecule has 0 aliphatic heterocycles. The van der Waals surface area contributed by atoms with Crippen molar-refractivity contribution in [2.24, 2.45) is 0 Å². The van der Waals surface area contributed by atoms with Crippen LogP contribution in [0.1, 0.15) is 12.7 Å². The number of carboxylic acids is 1. The quantitative estimate of drug-likeness (QED) is 0.880. The molecular weight excluding hydrogens is 269 g/mol. The molecule has 0 unspecified atom stereocenters. The van der Waals surface area contributed by atoms with Crippen LogP contribution in [0.4, 0.5) is 10.1 Å². The van der Waals surface area contributed by atoms with Crippen molar-refractivity contribution < 1.29 is 14.3 Å². The van der Waals surface area contributed by atoms with Gasteiger partial charge in [-0.05, 0) is 29.7 Å². The zero-order chi connectivity index (χ0) is 13.8. The maximum Gasteiger partial charge on any atom is 0.322 e. The number of aryl methyl sites for hydroxylation is 1. The van der Waals surface area contributed by atoms with Gasteiger partial charge in [-0.3, -0.25) is 4.79 Å². The van der Waals surface area contributed by atoms with Gasteiger partial charge in [0.05, 0.1) is 5.69 Å². The number of carboxylic acid groups (broad SMARTS) is 1. The smallest absolute Gasteiger partial charge is 0.322 e. The second kappa shape index (κ2) is 5.75. The minimum Gasteiger partial charge on any atom is -0.480 e. The third-order valence-electron chi connectivity index (χ3n) is 2.43. The van der Waals surface area contributed by atoms with Crippen LogP contribution in [0.15, 0.2) is 18.2 Å². The third kappa shape index (κ3) is 3.25. The summed E-state index contributed by atoms with van der Waals surface area (Å²) in [5.41, 5.74) is 0.861. The first-order valence-corrected chi connectivity index (χ1v) is 6.45. The van der Waals surface area contributed by atoms with Crippen LogP contribution in [-0.4, -0.2) is 27.0 Å².